The van der Waals surface area contributed by atoms with Gasteiger partial charge in [-0.3, -0.25) is 4.79 Å². The molecular formula is C20H21ClN4O2. The largest absolute Gasteiger partial charge is 0.496 e. The van der Waals surface area contributed by atoms with Crippen LogP contribution in [0.4, 0.5) is 0 Å². The van der Waals surface area contributed by atoms with Crippen LogP contribution in [0.2, 0.25) is 5.02 Å². The van der Waals surface area contributed by atoms with Gasteiger partial charge >= 0.3 is 0 Å². The van der Waals surface area contributed by atoms with E-state index in [0.717, 1.165) is 22.8 Å². The van der Waals surface area contributed by atoms with Gasteiger partial charge in [-0.05, 0) is 56.2 Å². The SMILES string of the molecule is COc1ccc(Cl)cc1C(=O)NCCc1c(C)nn(-c2ccccn2)c1C. The van der Waals surface area contributed by atoms with Gasteiger partial charge in [-0.25, -0.2) is 9.67 Å². The van der Waals surface area contributed by atoms with E-state index < -0.39 is 0 Å². The lowest BCUT2D eigenvalue weighted by molar-refractivity contribution is 0.0951. The molecule has 0 atom stereocenters. The Morgan fingerprint density at radius 1 is 1.26 bits per heavy atom. The van der Waals surface area contributed by atoms with Crippen LogP contribution in [-0.2, 0) is 6.42 Å². The third-order valence-electron chi connectivity index (χ3n) is 4.37. The number of hydrogen-bond acceptors (Lipinski definition) is 4. The Kier molecular flexibility index (Phi) is 5.76. The predicted octanol–water partition coefficient (Wildman–Crippen LogP) is 3.52. The standard InChI is InChI=1S/C20H21ClN4O2/c1-13-16(14(2)25(24-13)19-6-4-5-10-22-19)9-11-23-20(26)17-12-15(21)7-8-18(17)27-3/h4-8,10,12H,9,11H2,1-3H3,(H,23,26). The van der Waals surface area contributed by atoms with Crippen molar-refractivity contribution in [2.75, 3.05) is 13.7 Å². The van der Waals surface area contributed by atoms with E-state index in [1.807, 2.05) is 36.7 Å². The highest BCUT2D eigenvalue weighted by Gasteiger charge is 2.15. The number of aromatic nitrogens is 3. The first kappa shape index (κ1) is 18.9. The second-order valence-corrected chi connectivity index (χ2v) is 6.54. The van der Waals surface area contributed by atoms with Gasteiger partial charge in [0, 0.05) is 23.5 Å². The summed E-state index contributed by atoms with van der Waals surface area (Å²) in [4.78, 5) is 16.8. The number of rotatable bonds is 6. The molecule has 1 N–H and O–H groups in total. The molecule has 0 saturated carbocycles. The molecule has 3 rings (SSSR count). The van der Waals surface area contributed by atoms with Crippen LogP contribution in [0.3, 0.4) is 0 Å². The number of nitrogens with one attached hydrogen (secondary N) is 1. The highest BCUT2D eigenvalue weighted by Crippen LogP contribution is 2.22. The Labute approximate surface area is 163 Å². The van der Waals surface area contributed by atoms with Crippen molar-refractivity contribution >= 4 is 17.5 Å². The van der Waals surface area contributed by atoms with Crippen molar-refractivity contribution in [1.29, 1.82) is 0 Å². The van der Waals surface area contributed by atoms with Crippen LogP contribution in [0, 0.1) is 13.8 Å². The Bertz CT molecular complexity index is 954. The number of carbonyl (C=O) groups excluding carboxylic acids is 1. The molecule has 1 amide bonds. The van der Waals surface area contributed by atoms with Crippen molar-refractivity contribution < 1.29 is 9.53 Å². The number of benzene rings is 1. The third kappa shape index (κ3) is 4.11. The first-order chi connectivity index (χ1) is 13.0. The van der Waals surface area contributed by atoms with Gasteiger partial charge in [0.2, 0.25) is 0 Å². The van der Waals surface area contributed by atoms with E-state index in [9.17, 15) is 4.79 Å². The van der Waals surface area contributed by atoms with Crippen LogP contribution in [-0.4, -0.2) is 34.3 Å². The zero-order chi connectivity index (χ0) is 19.4. The van der Waals surface area contributed by atoms with E-state index in [1.165, 1.54) is 7.11 Å². The van der Waals surface area contributed by atoms with Gasteiger partial charge in [0.1, 0.15) is 5.75 Å². The van der Waals surface area contributed by atoms with Crippen molar-refractivity contribution in [3.8, 4) is 11.6 Å². The monoisotopic (exact) mass is 384 g/mol. The average molecular weight is 385 g/mol. The normalized spacial score (nSPS) is 10.7. The van der Waals surface area contributed by atoms with E-state index in [4.69, 9.17) is 16.3 Å². The number of methoxy groups -OCH3 is 1. The predicted molar refractivity (Wildman–Crippen MR) is 105 cm³/mol. The smallest absolute Gasteiger partial charge is 0.255 e. The topological polar surface area (TPSA) is 69.0 Å². The lowest BCUT2D eigenvalue weighted by atomic mass is 10.1. The minimum Gasteiger partial charge on any atom is -0.496 e. The first-order valence-electron chi connectivity index (χ1n) is 8.59. The molecule has 1 aromatic carbocycles. The highest BCUT2D eigenvalue weighted by molar-refractivity contribution is 6.31. The fourth-order valence-corrected chi connectivity index (χ4v) is 3.16. The van der Waals surface area contributed by atoms with E-state index >= 15 is 0 Å². The van der Waals surface area contributed by atoms with Crippen LogP contribution in [0.25, 0.3) is 5.82 Å². The van der Waals surface area contributed by atoms with E-state index in [2.05, 4.69) is 15.4 Å². The molecule has 0 spiro atoms. The molecule has 0 aliphatic rings. The molecule has 2 heterocycles. The summed E-state index contributed by atoms with van der Waals surface area (Å²) >= 11 is 6.00. The van der Waals surface area contributed by atoms with Gasteiger partial charge in [0.05, 0.1) is 18.4 Å². The summed E-state index contributed by atoms with van der Waals surface area (Å²) in [5.74, 6) is 1.05. The van der Waals surface area contributed by atoms with E-state index in [1.54, 1.807) is 24.4 Å². The van der Waals surface area contributed by atoms with Crippen LogP contribution in [0.15, 0.2) is 42.6 Å². The van der Waals surface area contributed by atoms with Crippen molar-refractivity contribution in [2.24, 2.45) is 0 Å². The van der Waals surface area contributed by atoms with Gasteiger partial charge in [-0.15, -0.1) is 0 Å². The summed E-state index contributed by atoms with van der Waals surface area (Å²) in [5, 5.41) is 7.99. The maximum atomic E-state index is 12.5. The van der Waals surface area contributed by atoms with E-state index in [-0.39, 0.29) is 5.91 Å². The molecule has 7 heteroatoms. The number of aryl methyl sites for hydroxylation is 1. The van der Waals surface area contributed by atoms with Crippen molar-refractivity contribution in [3.63, 3.8) is 0 Å². The van der Waals surface area contributed by atoms with E-state index in [0.29, 0.717) is 29.3 Å². The van der Waals surface area contributed by atoms with Crippen LogP contribution in [0.5, 0.6) is 5.75 Å². The van der Waals surface area contributed by atoms with Gasteiger partial charge in [0.25, 0.3) is 5.91 Å². The molecule has 0 fully saturated rings. The Morgan fingerprint density at radius 2 is 2.07 bits per heavy atom. The molecule has 3 aromatic rings. The summed E-state index contributed by atoms with van der Waals surface area (Å²) < 4.78 is 7.06. The fraction of sp³-hybridized carbons (Fsp3) is 0.250. The molecule has 6 nitrogen and oxygen atoms in total. The summed E-state index contributed by atoms with van der Waals surface area (Å²) in [7, 11) is 1.53. The molecular weight excluding hydrogens is 364 g/mol. The third-order valence-corrected chi connectivity index (χ3v) is 4.61. The molecule has 0 saturated heterocycles. The first-order valence-corrected chi connectivity index (χ1v) is 8.97. The zero-order valence-corrected chi connectivity index (χ0v) is 16.2. The number of pyridine rings is 1. The number of amides is 1. The number of ether oxygens (including phenoxy) is 1. The minimum absolute atomic E-state index is 0.221. The lowest BCUT2D eigenvalue weighted by Crippen LogP contribution is -2.26. The van der Waals surface area contributed by atoms with Crippen molar-refractivity contribution in [2.45, 2.75) is 20.3 Å². The minimum atomic E-state index is -0.221. The Balaban J connectivity index is 1.70. The fourth-order valence-electron chi connectivity index (χ4n) is 2.99. The molecule has 27 heavy (non-hydrogen) atoms. The quantitative estimate of drug-likeness (QED) is 0.706. The van der Waals surface area contributed by atoms with Gasteiger partial charge in [-0.1, -0.05) is 17.7 Å². The van der Waals surface area contributed by atoms with Crippen molar-refractivity contribution in [1.82, 2.24) is 20.1 Å². The molecule has 0 aliphatic heterocycles. The summed E-state index contributed by atoms with van der Waals surface area (Å²) in [6.45, 7) is 4.44. The second kappa shape index (κ2) is 8.22. The number of halogens is 1. The Morgan fingerprint density at radius 3 is 2.78 bits per heavy atom. The maximum Gasteiger partial charge on any atom is 0.255 e. The molecule has 0 radical (unpaired) electrons. The zero-order valence-electron chi connectivity index (χ0n) is 15.5. The van der Waals surface area contributed by atoms with Gasteiger partial charge < -0.3 is 10.1 Å². The molecule has 0 unspecified atom stereocenters. The number of carbonyl (C=O) groups is 1. The highest BCUT2D eigenvalue weighted by atomic mass is 35.5. The summed E-state index contributed by atoms with van der Waals surface area (Å²) in [6.07, 6.45) is 2.41. The lowest BCUT2D eigenvalue weighted by Gasteiger charge is -2.10. The second-order valence-electron chi connectivity index (χ2n) is 6.10. The van der Waals surface area contributed by atoms with Crippen molar-refractivity contribution in [3.05, 3.63) is 70.1 Å². The average Bonchev–Trinajstić information content (AvgIpc) is 2.96. The van der Waals surface area contributed by atoms with Crippen LogP contribution >= 0.6 is 11.6 Å². The molecule has 2 aromatic heterocycles. The summed E-state index contributed by atoms with van der Waals surface area (Å²) in [5.41, 5.74) is 3.45. The molecule has 0 bridgehead atoms. The number of nitrogens with zero attached hydrogens (tertiary/aromatic N) is 3. The van der Waals surface area contributed by atoms with Gasteiger partial charge in [-0.2, -0.15) is 5.10 Å². The molecule has 140 valence electrons. The van der Waals surface area contributed by atoms with Crippen LogP contribution in [0.1, 0.15) is 27.3 Å². The molecule has 0 aliphatic carbocycles. The number of hydrogen-bond donors (Lipinski definition) is 1. The van der Waals surface area contributed by atoms with Crippen LogP contribution < -0.4 is 10.1 Å². The maximum absolute atomic E-state index is 12.5. The van der Waals surface area contributed by atoms with Gasteiger partial charge in [0.15, 0.2) is 5.82 Å². The Hall–Kier alpha value is -2.86. The summed E-state index contributed by atoms with van der Waals surface area (Å²) in [6, 6.07) is 10.7.